The van der Waals surface area contributed by atoms with Gasteiger partial charge in [0, 0.05) is 0 Å². The van der Waals surface area contributed by atoms with Crippen LogP contribution in [0.15, 0.2) is 21.1 Å². The Balaban J connectivity index is 0.000000320. The summed E-state index contributed by atoms with van der Waals surface area (Å²) in [6.45, 7) is 0. The molecule has 0 fully saturated rings. The summed E-state index contributed by atoms with van der Waals surface area (Å²) in [6.07, 6.45) is 7.22. The fraction of sp³-hybridized carbons (Fsp3) is 0.333. The molecule has 0 aromatic heterocycles. The van der Waals surface area contributed by atoms with Gasteiger partial charge >= 0.3 is 48.9 Å². The number of hydrogen-bond acceptors (Lipinski definition) is 0. The maximum atomic E-state index is 2.30. The van der Waals surface area contributed by atoms with Gasteiger partial charge in [-0.1, -0.05) is 0 Å². The summed E-state index contributed by atoms with van der Waals surface area (Å²) in [4.78, 5) is 0. The van der Waals surface area contributed by atoms with Gasteiger partial charge < -0.3 is 24.8 Å². The van der Waals surface area contributed by atoms with E-state index >= 15 is 0 Å². The number of rotatable bonds is 2. The van der Waals surface area contributed by atoms with Crippen molar-refractivity contribution in [3.8, 4) is 0 Å². The van der Waals surface area contributed by atoms with Gasteiger partial charge in [0.1, 0.15) is 0 Å². The van der Waals surface area contributed by atoms with E-state index in [0.29, 0.717) is 0 Å². The Morgan fingerprint density at radius 3 is 1.56 bits per heavy atom. The van der Waals surface area contributed by atoms with Gasteiger partial charge in [0.15, 0.2) is 0 Å². The molecule has 0 spiro atoms. The Bertz CT molecular complexity index is 142. The molecule has 0 N–H and O–H groups in total. The summed E-state index contributed by atoms with van der Waals surface area (Å²) < 4.78 is 3.31. The first-order valence-corrected chi connectivity index (χ1v) is 3.56. The van der Waals surface area contributed by atoms with Crippen LogP contribution in [0.1, 0.15) is 12.8 Å². The second-order valence-corrected chi connectivity index (χ2v) is 3.46. The first-order valence-electron chi connectivity index (χ1n) is 2.45. The van der Waals surface area contributed by atoms with Gasteiger partial charge in [-0.15, -0.1) is 0 Å². The number of halogens is 2. The maximum Gasteiger partial charge on any atom is -1.00 e. The molecule has 0 heterocycles. The molecule has 9 heavy (non-hydrogen) atoms. The van der Waals surface area contributed by atoms with Crippen molar-refractivity contribution in [3.63, 3.8) is 0 Å². The second kappa shape index (κ2) is 3.68. The topological polar surface area (TPSA) is 0 Å². The van der Waals surface area contributed by atoms with Crippen molar-refractivity contribution in [2.24, 2.45) is 0 Å². The van der Waals surface area contributed by atoms with Crippen molar-refractivity contribution in [2.75, 3.05) is 0 Å². The third kappa shape index (κ3) is 3.32. The molecule has 3 heteroatoms. The van der Waals surface area contributed by atoms with E-state index in [-0.39, 0.29) is 24.8 Å². The van der Waals surface area contributed by atoms with Crippen LogP contribution in [0.5, 0.6) is 0 Å². The molecule has 2 rings (SSSR count). The molecule has 2 aliphatic rings. The summed E-state index contributed by atoms with van der Waals surface area (Å²) in [5.74, 6) is 0. The summed E-state index contributed by atoms with van der Waals surface area (Å²) >= 11 is 1.31. The molecular formula is C6H6Cl2Fe. The largest absolute Gasteiger partial charge is 1.00 e. The SMILES string of the molecule is C1=[C]([Fe+2][C]2=CC2)C1.[Cl-].[Cl-]. The van der Waals surface area contributed by atoms with E-state index in [0.717, 1.165) is 0 Å². The molecule has 0 saturated carbocycles. The van der Waals surface area contributed by atoms with Gasteiger partial charge in [-0.3, -0.25) is 0 Å². The van der Waals surface area contributed by atoms with Crippen LogP contribution >= 0.6 is 0 Å². The van der Waals surface area contributed by atoms with E-state index in [9.17, 15) is 0 Å². The fourth-order valence-electron chi connectivity index (χ4n) is 0.362. The predicted molar refractivity (Wildman–Crippen MR) is 25.4 cm³/mol. The zero-order valence-electron chi connectivity index (χ0n) is 4.68. The minimum atomic E-state index is 0. The van der Waals surface area contributed by atoms with E-state index < -0.39 is 0 Å². The summed E-state index contributed by atoms with van der Waals surface area (Å²) in [6, 6.07) is 0. The quantitative estimate of drug-likeness (QED) is 0.399. The Morgan fingerprint density at radius 2 is 1.33 bits per heavy atom. The molecule has 2 aliphatic carbocycles. The van der Waals surface area contributed by atoms with Gasteiger partial charge in [0.05, 0.1) is 0 Å². The first kappa shape index (κ1) is 9.58. The fourth-order valence-corrected chi connectivity index (χ4v) is 1.49. The minimum Gasteiger partial charge on any atom is -1.00 e. The van der Waals surface area contributed by atoms with Crippen LogP contribution in [0.2, 0.25) is 0 Å². The molecule has 0 bridgehead atoms. The van der Waals surface area contributed by atoms with E-state index in [4.69, 9.17) is 0 Å². The zero-order valence-corrected chi connectivity index (χ0v) is 7.29. The normalized spacial score (nSPS) is 18.2. The van der Waals surface area contributed by atoms with Crippen molar-refractivity contribution < 1.29 is 39.8 Å². The molecule has 0 aromatic rings. The second-order valence-electron chi connectivity index (χ2n) is 1.77. The third-order valence-electron chi connectivity index (χ3n) is 0.924. The van der Waals surface area contributed by atoms with Crippen LogP contribution in [0.3, 0.4) is 0 Å². The molecule has 0 saturated heterocycles. The number of hydrogen-bond donors (Lipinski definition) is 0. The van der Waals surface area contributed by atoms with Crippen molar-refractivity contribution in [3.05, 3.63) is 21.1 Å². The third-order valence-corrected chi connectivity index (χ3v) is 2.53. The van der Waals surface area contributed by atoms with Crippen molar-refractivity contribution in [2.45, 2.75) is 12.8 Å². The maximum absolute atomic E-state index is 2.30. The van der Waals surface area contributed by atoms with Gasteiger partial charge in [0.2, 0.25) is 0 Å². The molecule has 52 valence electrons. The van der Waals surface area contributed by atoms with E-state index in [2.05, 4.69) is 12.2 Å². The summed E-state index contributed by atoms with van der Waals surface area (Å²) in [5, 5.41) is 0. The van der Waals surface area contributed by atoms with Gasteiger partial charge in [-0.25, -0.2) is 0 Å². The molecule has 0 nitrogen and oxygen atoms in total. The Morgan fingerprint density at radius 1 is 1.00 bits per heavy atom. The molecule has 0 unspecified atom stereocenters. The predicted octanol–water partition coefficient (Wildman–Crippen LogP) is -4.35. The minimum absolute atomic E-state index is 0. The molecular weight excluding hydrogens is 199 g/mol. The zero-order chi connectivity index (χ0) is 4.69. The van der Waals surface area contributed by atoms with Crippen LogP contribution in [0.25, 0.3) is 0 Å². The Labute approximate surface area is 73.8 Å². The van der Waals surface area contributed by atoms with Crippen LogP contribution < -0.4 is 24.8 Å². The molecule has 0 amide bonds. The summed E-state index contributed by atoms with van der Waals surface area (Å²) in [7, 11) is 0. The standard InChI is InChI=1S/2C3H3.2ClH.Fe/c2*1-2-3-1;;;/h2*1H,2H2;2*1H;/q;;;;+2/p-2. The summed E-state index contributed by atoms with van der Waals surface area (Å²) in [5.41, 5.74) is 0. The molecule has 0 radical (unpaired) electrons. The van der Waals surface area contributed by atoms with Gasteiger partial charge in [0.25, 0.3) is 0 Å². The van der Waals surface area contributed by atoms with Crippen LogP contribution in [-0.2, 0) is 15.0 Å². The van der Waals surface area contributed by atoms with Crippen molar-refractivity contribution in [1.82, 2.24) is 0 Å². The average Bonchev–Trinajstić information content (AvgIpc) is 2.33. The molecule has 0 atom stereocenters. The van der Waals surface area contributed by atoms with Crippen LogP contribution in [0, 0.1) is 0 Å². The van der Waals surface area contributed by atoms with E-state index in [1.165, 1.54) is 27.8 Å². The van der Waals surface area contributed by atoms with Crippen LogP contribution in [-0.4, -0.2) is 0 Å². The molecule has 0 aliphatic heterocycles. The number of allylic oxidation sites excluding steroid dienone is 4. The average molecular weight is 205 g/mol. The van der Waals surface area contributed by atoms with Crippen molar-refractivity contribution in [1.29, 1.82) is 0 Å². The smallest absolute Gasteiger partial charge is 1.00 e. The van der Waals surface area contributed by atoms with Gasteiger partial charge in [-0.2, -0.15) is 0 Å². The van der Waals surface area contributed by atoms with Crippen LogP contribution in [0.4, 0.5) is 0 Å². The monoisotopic (exact) mass is 204 g/mol. The van der Waals surface area contributed by atoms with Gasteiger partial charge in [-0.05, 0) is 0 Å². The first-order chi connectivity index (χ1) is 3.45. The molecule has 0 aromatic carbocycles. The Hall–Kier alpha value is 0.579. The Kier molecular flexibility index (Phi) is 3.91. The van der Waals surface area contributed by atoms with E-state index in [1.807, 2.05) is 0 Å². The van der Waals surface area contributed by atoms with E-state index in [1.54, 1.807) is 8.94 Å². The van der Waals surface area contributed by atoms with Crippen molar-refractivity contribution >= 4 is 0 Å².